The lowest BCUT2D eigenvalue weighted by Gasteiger charge is -2.36. The Hall–Kier alpha value is -1.45. The molecule has 82 valence electrons. The minimum Gasteiger partial charge on any atom is -0.380 e. The summed E-state index contributed by atoms with van der Waals surface area (Å²) in [5.41, 5.74) is 2.09. The number of aryl methyl sites for hydroxylation is 1. The van der Waals surface area contributed by atoms with Crippen LogP contribution in [0.2, 0.25) is 0 Å². The van der Waals surface area contributed by atoms with E-state index in [1.165, 1.54) is 0 Å². The van der Waals surface area contributed by atoms with Crippen LogP contribution >= 0.6 is 0 Å². The van der Waals surface area contributed by atoms with E-state index in [1.807, 2.05) is 37.3 Å². The molecule has 1 fully saturated rings. The Kier molecular flexibility index (Phi) is 1.99. The first-order valence-electron chi connectivity index (χ1n) is 5.35. The van der Waals surface area contributed by atoms with E-state index in [1.54, 1.807) is 0 Å². The minimum absolute atomic E-state index is 0.387. The number of ether oxygens (including phenoxy) is 1. The first-order chi connectivity index (χ1) is 7.67. The molecule has 1 N–H and O–H groups in total. The van der Waals surface area contributed by atoms with Crippen molar-refractivity contribution in [2.75, 3.05) is 13.2 Å². The summed E-state index contributed by atoms with van der Waals surface area (Å²) in [5.74, 6) is 0. The van der Waals surface area contributed by atoms with Crippen molar-refractivity contribution in [3.05, 3.63) is 41.6 Å². The van der Waals surface area contributed by atoms with Crippen molar-refractivity contribution in [3.63, 3.8) is 0 Å². The maximum Gasteiger partial charge on any atom is 0.136 e. The zero-order valence-electron chi connectivity index (χ0n) is 9.10. The van der Waals surface area contributed by atoms with Gasteiger partial charge in [0, 0.05) is 11.1 Å². The predicted molar refractivity (Wildman–Crippen MR) is 61.2 cm³/mol. The van der Waals surface area contributed by atoms with Gasteiger partial charge in [-0.05, 0) is 30.7 Å². The average molecular weight is 215 g/mol. The van der Waals surface area contributed by atoms with Crippen LogP contribution in [0.25, 0.3) is 10.9 Å². The number of pyridine rings is 1. The SMILES string of the molecule is Cc1ccc2cc(C3(O)COC3)ccc2n1. The van der Waals surface area contributed by atoms with Gasteiger partial charge in [-0.1, -0.05) is 12.1 Å². The third-order valence-corrected chi connectivity index (χ3v) is 3.05. The van der Waals surface area contributed by atoms with Crippen LogP contribution in [-0.4, -0.2) is 23.3 Å². The maximum atomic E-state index is 10.1. The van der Waals surface area contributed by atoms with Gasteiger partial charge in [0.15, 0.2) is 0 Å². The second kappa shape index (κ2) is 3.27. The summed E-state index contributed by atoms with van der Waals surface area (Å²) in [6.45, 7) is 2.75. The van der Waals surface area contributed by atoms with Crippen LogP contribution in [0, 0.1) is 6.92 Å². The highest BCUT2D eigenvalue weighted by atomic mass is 16.5. The Labute approximate surface area is 93.7 Å². The van der Waals surface area contributed by atoms with Gasteiger partial charge in [-0.25, -0.2) is 0 Å². The zero-order chi connectivity index (χ0) is 11.2. The standard InChI is InChI=1S/C13H13NO2/c1-9-2-3-10-6-11(4-5-12(10)14-9)13(15)7-16-8-13/h2-6,15H,7-8H2,1H3. The summed E-state index contributed by atoms with van der Waals surface area (Å²) < 4.78 is 5.06. The quantitative estimate of drug-likeness (QED) is 0.788. The molecule has 1 saturated heterocycles. The van der Waals surface area contributed by atoms with E-state index in [2.05, 4.69) is 4.98 Å². The molecule has 0 amide bonds. The second-order valence-corrected chi connectivity index (χ2v) is 4.38. The van der Waals surface area contributed by atoms with Crippen molar-refractivity contribution in [1.29, 1.82) is 0 Å². The fourth-order valence-electron chi connectivity index (χ4n) is 1.98. The van der Waals surface area contributed by atoms with Gasteiger partial charge in [0.2, 0.25) is 0 Å². The highest BCUT2D eigenvalue weighted by Crippen LogP contribution is 2.30. The Morgan fingerprint density at radius 3 is 2.75 bits per heavy atom. The molecule has 1 aliphatic heterocycles. The number of nitrogens with zero attached hydrogens (tertiary/aromatic N) is 1. The Bertz CT molecular complexity index is 547. The summed E-state index contributed by atoms with van der Waals surface area (Å²) in [5, 5.41) is 11.2. The van der Waals surface area contributed by atoms with E-state index in [0.717, 1.165) is 22.2 Å². The summed E-state index contributed by atoms with van der Waals surface area (Å²) in [4.78, 5) is 4.43. The molecule has 1 aromatic carbocycles. The van der Waals surface area contributed by atoms with Gasteiger partial charge < -0.3 is 9.84 Å². The van der Waals surface area contributed by atoms with Gasteiger partial charge in [0.1, 0.15) is 5.60 Å². The normalized spacial score (nSPS) is 18.4. The highest BCUT2D eigenvalue weighted by Gasteiger charge is 2.37. The smallest absolute Gasteiger partial charge is 0.136 e. The van der Waals surface area contributed by atoms with Crippen LogP contribution in [0.4, 0.5) is 0 Å². The van der Waals surface area contributed by atoms with E-state index in [-0.39, 0.29) is 0 Å². The molecular weight excluding hydrogens is 202 g/mol. The molecule has 2 aromatic rings. The number of fused-ring (bicyclic) bond motifs is 1. The molecule has 0 atom stereocenters. The van der Waals surface area contributed by atoms with E-state index in [0.29, 0.717) is 13.2 Å². The van der Waals surface area contributed by atoms with E-state index in [9.17, 15) is 5.11 Å². The topological polar surface area (TPSA) is 42.4 Å². The summed E-state index contributed by atoms with van der Waals surface area (Å²) >= 11 is 0. The number of hydrogen-bond donors (Lipinski definition) is 1. The monoisotopic (exact) mass is 215 g/mol. The third-order valence-electron chi connectivity index (χ3n) is 3.05. The number of aliphatic hydroxyl groups is 1. The lowest BCUT2D eigenvalue weighted by atomic mass is 9.91. The lowest BCUT2D eigenvalue weighted by molar-refractivity contribution is -0.184. The third kappa shape index (κ3) is 1.40. The summed E-state index contributed by atoms with van der Waals surface area (Å²) in [7, 11) is 0. The average Bonchev–Trinajstić information content (AvgIpc) is 2.25. The van der Waals surface area contributed by atoms with Gasteiger partial charge in [-0.2, -0.15) is 0 Å². The highest BCUT2D eigenvalue weighted by molar-refractivity contribution is 5.79. The first-order valence-corrected chi connectivity index (χ1v) is 5.35. The largest absolute Gasteiger partial charge is 0.380 e. The van der Waals surface area contributed by atoms with Crippen molar-refractivity contribution in [1.82, 2.24) is 4.98 Å². The van der Waals surface area contributed by atoms with Crippen molar-refractivity contribution < 1.29 is 9.84 Å². The maximum absolute atomic E-state index is 10.1. The Morgan fingerprint density at radius 2 is 2.06 bits per heavy atom. The number of hydrogen-bond acceptors (Lipinski definition) is 3. The molecule has 2 heterocycles. The van der Waals surface area contributed by atoms with Gasteiger partial charge in [-0.15, -0.1) is 0 Å². The van der Waals surface area contributed by atoms with E-state index >= 15 is 0 Å². The van der Waals surface area contributed by atoms with Crippen LogP contribution in [0.5, 0.6) is 0 Å². The van der Waals surface area contributed by atoms with Crippen LogP contribution in [0.15, 0.2) is 30.3 Å². The number of benzene rings is 1. The first kappa shape index (κ1) is 9.75. The van der Waals surface area contributed by atoms with E-state index < -0.39 is 5.60 Å². The second-order valence-electron chi connectivity index (χ2n) is 4.38. The van der Waals surface area contributed by atoms with Crippen molar-refractivity contribution in [2.45, 2.75) is 12.5 Å². The molecule has 3 rings (SSSR count). The van der Waals surface area contributed by atoms with Crippen molar-refractivity contribution in [3.8, 4) is 0 Å². The predicted octanol–water partition coefficient (Wildman–Crippen LogP) is 1.76. The fourth-order valence-corrected chi connectivity index (χ4v) is 1.98. The van der Waals surface area contributed by atoms with Crippen LogP contribution in [0.3, 0.4) is 0 Å². The molecular formula is C13H13NO2. The molecule has 0 aliphatic carbocycles. The molecule has 1 aromatic heterocycles. The molecule has 16 heavy (non-hydrogen) atoms. The molecule has 0 unspecified atom stereocenters. The van der Waals surface area contributed by atoms with Gasteiger partial charge >= 0.3 is 0 Å². The summed E-state index contributed by atoms with van der Waals surface area (Å²) in [6, 6.07) is 9.88. The van der Waals surface area contributed by atoms with E-state index in [4.69, 9.17) is 4.74 Å². The Balaban J connectivity index is 2.12. The number of rotatable bonds is 1. The Morgan fingerprint density at radius 1 is 1.25 bits per heavy atom. The molecule has 0 radical (unpaired) electrons. The zero-order valence-corrected chi connectivity index (χ0v) is 9.10. The fraction of sp³-hybridized carbons (Fsp3) is 0.308. The lowest BCUT2D eigenvalue weighted by Crippen LogP contribution is -2.46. The van der Waals surface area contributed by atoms with Crippen molar-refractivity contribution in [2.24, 2.45) is 0 Å². The molecule has 0 saturated carbocycles. The molecule has 3 heteroatoms. The van der Waals surface area contributed by atoms with Gasteiger partial charge in [0.05, 0.1) is 18.7 Å². The van der Waals surface area contributed by atoms with Crippen LogP contribution in [0.1, 0.15) is 11.3 Å². The molecule has 0 bridgehead atoms. The molecule has 1 aliphatic rings. The molecule has 0 spiro atoms. The minimum atomic E-state index is -0.793. The van der Waals surface area contributed by atoms with Crippen molar-refractivity contribution >= 4 is 10.9 Å². The number of aromatic nitrogens is 1. The van der Waals surface area contributed by atoms with Gasteiger partial charge in [0.25, 0.3) is 0 Å². The van der Waals surface area contributed by atoms with Crippen LogP contribution in [-0.2, 0) is 10.3 Å². The summed E-state index contributed by atoms with van der Waals surface area (Å²) in [6.07, 6.45) is 0. The van der Waals surface area contributed by atoms with Crippen LogP contribution < -0.4 is 0 Å². The molecule has 3 nitrogen and oxygen atoms in total. The van der Waals surface area contributed by atoms with Gasteiger partial charge in [-0.3, -0.25) is 4.98 Å².